The van der Waals surface area contributed by atoms with E-state index in [1.165, 1.54) is 7.11 Å². The molecule has 1 unspecified atom stereocenters. The van der Waals surface area contributed by atoms with Crippen LogP contribution in [0.25, 0.3) is 0 Å². The molecule has 1 aliphatic carbocycles. The molecule has 1 rings (SSSR count). The van der Waals surface area contributed by atoms with Crippen LogP contribution in [0.1, 0.15) is 47.9 Å². The first-order chi connectivity index (χ1) is 7.65. The fourth-order valence-electron chi connectivity index (χ4n) is 2.00. The number of ether oxygens (including phenoxy) is 1. The van der Waals surface area contributed by atoms with Gasteiger partial charge in [-0.3, -0.25) is 4.79 Å². The number of ketones is 1. The van der Waals surface area contributed by atoms with Gasteiger partial charge in [0, 0.05) is 13.4 Å². The first-order valence-electron chi connectivity index (χ1n) is 6.00. The maximum Gasteiger partial charge on any atom is 0.407 e. The van der Waals surface area contributed by atoms with Crippen LogP contribution in [0, 0.1) is 5.92 Å². The van der Waals surface area contributed by atoms with E-state index in [9.17, 15) is 9.59 Å². The monoisotopic (exact) mass is 231 g/mol. The van der Waals surface area contributed by atoms with Crippen LogP contribution in [0.3, 0.4) is 0 Å². The molecule has 2 atom stereocenters. The van der Waals surface area contributed by atoms with Crippen molar-refractivity contribution in [1.82, 2.24) is 5.32 Å². The predicted octanol–water partition coefficient (Wildman–Crippen LogP) is 2.76. The first-order valence-corrected chi connectivity index (χ1v) is 6.00. The third kappa shape index (κ3) is 4.64. The Balaban J connectivity index is 0. The summed E-state index contributed by atoms with van der Waals surface area (Å²) in [6.07, 6.45) is 3.45. The Morgan fingerprint density at radius 1 is 1.25 bits per heavy atom. The molecule has 0 aliphatic heterocycles. The van der Waals surface area contributed by atoms with Crippen molar-refractivity contribution in [2.24, 2.45) is 5.92 Å². The third-order valence-electron chi connectivity index (χ3n) is 2.78. The fraction of sp³-hybridized carbons (Fsp3) is 0.833. The zero-order chi connectivity index (χ0) is 12.6. The van der Waals surface area contributed by atoms with E-state index in [0.29, 0.717) is 0 Å². The van der Waals surface area contributed by atoms with E-state index in [0.717, 1.165) is 25.7 Å². The molecular weight excluding hydrogens is 206 g/mol. The lowest BCUT2D eigenvalue weighted by molar-refractivity contribution is -0.122. The molecule has 96 valence electrons. The first kappa shape index (κ1) is 14.9. The normalized spacial score (nSPS) is 23.8. The zero-order valence-electron chi connectivity index (χ0n) is 10.7. The SMILES string of the molecule is CC.COC(=O)N[C@@H]1CCCCC1C(C)=O.[HH]. The molecule has 0 aromatic heterocycles. The predicted molar refractivity (Wildman–Crippen MR) is 65.4 cm³/mol. The van der Waals surface area contributed by atoms with Crippen LogP contribution in [-0.2, 0) is 9.53 Å². The number of carbonyl (C=O) groups excluding carboxylic acids is 2. The number of carbonyl (C=O) groups is 2. The number of alkyl carbamates (subject to hydrolysis) is 1. The lowest BCUT2D eigenvalue weighted by atomic mass is 9.82. The number of hydrogen-bond donors (Lipinski definition) is 1. The second-order valence-electron chi connectivity index (χ2n) is 3.74. The van der Waals surface area contributed by atoms with Crippen molar-refractivity contribution in [3.63, 3.8) is 0 Å². The van der Waals surface area contributed by atoms with Crippen molar-refractivity contribution in [1.29, 1.82) is 0 Å². The van der Waals surface area contributed by atoms with Gasteiger partial charge in [0.2, 0.25) is 0 Å². The molecule has 1 amide bonds. The van der Waals surface area contributed by atoms with Gasteiger partial charge in [-0.2, -0.15) is 0 Å². The molecular formula is C12H25NO3. The Kier molecular flexibility index (Phi) is 7.60. The number of rotatable bonds is 2. The van der Waals surface area contributed by atoms with Crippen LogP contribution in [0.5, 0.6) is 0 Å². The topological polar surface area (TPSA) is 55.4 Å². The average molecular weight is 231 g/mol. The Bertz CT molecular complexity index is 234. The van der Waals surface area contributed by atoms with Gasteiger partial charge in [-0.25, -0.2) is 4.79 Å². The van der Waals surface area contributed by atoms with Crippen molar-refractivity contribution in [2.45, 2.75) is 52.5 Å². The van der Waals surface area contributed by atoms with Crippen LogP contribution < -0.4 is 5.32 Å². The zero-order valence-corrected chi connectivity index (χ0v) is 10.7. The smallest absolute Gasteiger partial charge is 0.407 e. The van der Waals surface area contributed by atoms with Gasteiger partial charge in [0.05, 0.1) is 7.11 Å². The lowest BCUT2D eigenvalue weighted by Gasteiger charge is -2.29. The molecule has 0 saturated heterocycles. The molecule has 0 bridgehead atoms. The number of methoxy groups -OCH3 is 1. The quantitative estimate of drug-likeness (QED) is 0.795. The summed E-state index contributed by atoms with van der Waals surface area (Å²) >= 11 is 0. The Hall–Kier alpha value is -1.06. The van der Waals surface area contributed by atoms with Gasteiger partial charge in [-0.15, -0.1) is 0 Å². The van der Waals surface area contributed by atoms with E-state index >= 15 is 0 Å². The Morgan fingerprint density at radius 3 is 2.31 bits per heavy atom. The van der Waals surface area contributed by atoms with Gasteiger partial charge in [0.15, 0.2) is 0 Å². The Labute approximate surface area is 99.2 Å². The van der Waals surface area contributed by atoms with Crippen molar-refractivity contribution >= 4 is 11.9 Å². The highest BCUT2D eigenvalue weighted by molar-refractivity contribution is 5.80. The molecule has 1 N–H and O–H groups in total. The number of nitrogens with one attached hydrogen (secondary N) is 1. The number of hydrogen-bond acceptors (Lipinski definition) is 3. The molecule has 0 aromatic rings. The van der Waals surface area contributed by atoms with Gasteiger partial charge in [0.1, 0.15) is 5.78 Å². The van der Waals surface area contributed by atoms with Crippen LogP contribution in [0.15, 0.2) is 0 Å². The standard InChI is InChI=1S/C10H17NO3.C2H6.H2/c1-7(12)8-5-3-4-6-9(8)11-10(13)14-2;1-2;/h8-9H,3-6H2,1-2H3,(H,11,13);1-2H3;1H/t8?,9-;;/m1../s1. The maximum absolute atomic E-state index is 11.3. The molecule has 0 radical (unpaired) electrons. The second-order valence-corrected chi connectivity index (χ2v) is 3.74. The van der Waals surface area contributed by atoms with E-state index in [1.807, 2.05) is 13.8 Å². The minimum absolute atomic E-state index is 0. The highest BCUT2D eigenvalue weighted by atomic mass is 16.5. The van der Waals surface area contributed by atoms with Crippen LogP contribution >= 0.6 is 0 Å². The third-order valence-corrected chi connectivity index (χ3v) is 2.78. The molecule has 4 nitrogen and oxygen atoms in total. The molecule has 4 heteroatoms. The molecule has 1 aliphatic rings. The molecule has 0 spiro atoms. The highest BCUT2D eigenvalue weighted by Crippen LogP contribution is 2.25. The Morgan fingerprint density at radius 2 is 1.81 bits per heavy atom. The highest BCUT2D eigenvalue weighted by Gasteiger charge is 2.29. The summed E-state index contributed by atoms with van der Waals surface area (Å²) in [6.45, 7) is 5.59. The summed E-state index contributed by atoms with van der Waals surface area (Å²) in [5, 5.41) is 2.72. The number of Topliss-reactive ketones (excluding diaryl/α,β-unsaturated/α-hetero) is 1. The van der Waals surface area contributed by atoms with E-state index < -0.39 is 6.09 Å². The molecule has 16 heavy (non-hydrogen) atoms. The van der Waals surface area contributed by atoms with Crippen LogP contribution in [0.2, 0.25) is 0 Å². The van der Waals surface area contributed by atoms with Crippen molar-refractivity contribution < 1.29 is 15.8 Å². The van der Waals surface area contributed by atoms with Crippen LogP contribution in [0.4, 0.5) is 4.79 Å². The van der Waals surface area contributed by atoms with E-state index in [-0.39, 0.29) is 19.2 Å². The lowest BCUT2D eigenvalue weighted by Crippen LogP contribution is -2.44. The summed E-state index contributed by atoms with van der Waals surface area (Å²) in [7, 11) is 1.33. The summed E-state index contributed by atoms with van der Waals surface area (Å²) in [5.74, 6) is 0.133. The van der Waals surface area contributed by atoms with Gasteiger partial charge >= 0.3 is 6.09 Å². The fourth-order valence-corrected chi connectivity index (χ4v) is 2.00. The van der Waals surface area contributed by atoms with Gasteiger partial charge in [-0.05, 0) is 19.8 Å². The average Bonchev–Trinajstić information content (AvgIpc) is 2.32. The van der Waals surface area contributed by atoms with E-state index in [1.54, 1.807) is 6.92 Å². The molecule has 0 heterocycles. The molecule has 1 saturated carbocycles. The maximum atomic E-state index is 11.3. The van der Waals surface area contributed by atoms with Gasteiger partial charge < -0.3 is 10.1 Å². The summed E-state index contributed by atoms with van der Waals surface area (Å²) in [5.41, 5.74) is 0. The second kappa shape index (κ2) is 8.13. The minimum atomic E-state index is -0.442. The largest absolute Gasteiger partial charge is 0.453 e. The van der Waals surface area contributed by atoms with Gasteiger partial charge in [-0.1, -0.05) is 26.7 Å². The summed E-state index contributed by atoms with van der Waals surface area (Å²) < 4.78 is 4.52. The van der Waals surface area contributed by atoms with Crippen molar-refractivity contribution in [3.05, 3.63) is 0 Å². The van der Waals surface area contributed by atoms with E-state index in [2.05, 4.69) is 10.1 Å². The summed E-state index contributed by atoms with van der Waals surface area (Å²) in [6, 6.07) is -0.0336. The van der Waals surface area contributed by atoms with Crippen molar-refractivity contribution in [2.75, 3.05) is 7.11 Å². The number of amides is 1. The molecule has 0 aromatic carbocycles. The van der Waals surface area contributed by atoms with Crippen molar-refractivity contribution in [3.8, 4) is 0 Å². The van der Waals surface area contributed by atoms with Gasteiger partial charge in [0.25, 0.3) is 0 Å². The van der Waals surface area contributed by atoms with E-state index in [4.69, 9.17) is 0 Å². The minimum Gasteiger partial charge on any atom is -0.453 e. The summed E-state index contributed by atoms with van der Waals surface area (Å²) in [4.78, 5) is 22.3. The molecule has 1 fully saturated rings. The van der Waals surface area contributed by atoms with Crippen LogP contribution in [-0.4, -0.2) is 25.0 Å².